The van der Waals surface area contributed by atoms with Gasteiger partial charge in [0.25, 0.3) is 0 Å². The van der Waals surface area contributed by atoms with Gasteiger partial charge in [0.1, 0.15) is 17.9 Å². The highest BCUT2D eigenvalue weighted by Crippen LogP contribution is 2.29. The molecule has 7 heteroatoms. The maximum Gasteiger partial charge on any atom is 0.139 e. The monoisotopic (exact) mass is 442 g/mol. The third kappa shape index (κ3) is 4.86. The van der Waals surface area contributed by atoms with Crippen LogP contribution in [0.3, 0.4) is 0 Å². The van der Waals surface area contributed by atoms with E-state index in [0.29, 0.717) is 18.2 Å². The van der Waals surface area contributed by atoms with Crippen LogP contribution in [0.1, 0.15) is 31.2 Å². The lowest BCUT2D eigenvalue weighted by molar-refractivity contribution is 0.282. The van der Waals surface area contributed by atoms with Gasteiger partial charge in [0.15, 0.2) is 0 Å². The number of nitrogens with one attached hydrogen (secondary N) is 1. The zero-order valence-electron chi connectivity index (χ0n) is 18.9. The lowest BCUT2D eigenvalue weighted by Gasteiger charge is -2.37. The Bertz CT molecular complexity index is 1120. The quantitative estimate of drug-likeness (QED) is 0.623. The second-order valence-electron chi connectivity index (χ2n) is 8.75. The summed E-state index contributed by atoms with van der Waals surface area (Å²) in [7, 11) is 0. The molecular formula is C26H30N6O. The van der Waals surface area contributed by atoms with Crippen LogP contribution in [0.25, 0.3) is 10.9 Å². The Hall–Kier alpha value is -3.37. The molecule has 2 aliphatic heterocycles. The first kappa shape index (κ1) is 21.5. The summed E-state index contributed by atoms with van der Waals surface area (Å²) in [6, 6.07) is 16.8. The van der Waals surface area contributed by atoms with Gasteiger partial charge in [-0.3, -0.25) is 0 Å². The summed E-state index contributed by atoms with van der Waals surface area (Å²) in [5, 5.41) is 13.5. The number of fused-ring (bicyclic) bond motifs is 1. The van der Waals surface area contributed by atoms with Crippen LogP contribution in [0.2, 0.25) is 0 Å². The van der Waals surface area contributed by atoms with Crippen LogP contribution in [0, 0.1) is 11.3 Å². The molecule has 1 N–H and O–H groups in total. The summed E-state index contributed by atoms with van der Waals surface area (Å²) in [5.41, 5.74) is 2.82. The van der Waals surface area contributed by atoms with Gasteiger partial charge in [0, 0.05) is 62.3 Å². The highest BCUT2D eigenvalue weighted by Gasteiger charge is 2.23. The van der Waals surface area contributed by atoms with Gasteiger partial charge in [0.05, 0.1) is 23.8 Å². The number of nitrogens with zero attached hydrogens (tertiary/aromatic N) is 5. The molecule has 0 spiro atoms. The van der Waals surface area contributed by atoms with Crippen LogP contribution in [0.4, 0.5) is 11.5 Å². The second-order valence-corrected chi connectivity index (χ2v) is 8.75. The summed E-state index contributed by atoms with van der Waals surface area (Å²) in [5.74, 6) is 1.86. The van der Waals surface area contributed by atoms with Crippen molar-refractivity contribution in [2.45, 2.75) is 31.7 Å². The summed E-state index contributed by atoms with van der Waals surface area (Å²) < 4.78 is 6.17. The third-order valence-electron chi connectivity index (χ3n) is 6.68. The molecule has 170 valence electrons. The van der Waals surface area contributed by atoms with Crippen molar-refractivity contribution in [2.75, 3.05) is 49.1 Å². The maximum absolute atomic E-state index is 9.07. The average Bonchev–Trinajstić information content (AvgIpc) is 2.89. The van der Waals surface area contributed by atoms with Crippen LogP contribution in [-0.2, 0) is 0 Å². The van der Waals surface area contributed by atoms with Gasteiger partial charge in [-0.15, -0.1) is 0 Å². The number of ether oxygens (including phenoxy) is 1. The number of hydrogen-bond donors (Lipinski definition) is 1. The molecule has 0 radical (unpaired) electrons. The molecule has 0 amide bonds. The normalized spacial score (nSPS) is 18.8. The Labute approximate surface area is 195 Å². The lowest BCUT2D eigenvalue weighted by Crippen LogP contribution is -2.44. The molecular weight excluding hydrogens is 412 g/mol. The fourth-order valence-corrected chi connectivity index (χ4v) is 4.92. The molecule has 3 heterocycles. The van der Waals surface area contributed by atoms with E-state index in [1.165, 1.54) is 24.9 Å². The molecule has 3 aromatic rings. The first-order chi connectivity index (χ1) is 16.3. The van der Waals surface area contributed by atoms with Crippen molar-refractivity contribution in [3.05, 3.63) is 54.4 Å². The van der Waals surface area contributed by atoms with Crippen molar-refractivity contribution in [1.82, 2.24) is 15.3 Å². The Balaban J connectivity index is 1.24. The molecule has 0 saturated carbocycles. The topological polar surface area (TPSA) is 77.3 Å². The first-order valence-electron chi connectivity index (χ1n) is 11.9. The predicted molar refractivity (Wildman–Crippen MR) is 131 cm³/mol. The standard InChI is InChI=1S/C26H30N6O/c27-18-20-4-6-22(7-5-20)32-13-2-1-3-21(32)10-16-33-23-8-9-24-25(17-23)29-19-30-26(24)31-14-11-28-12-15-31/h4-9,17,19,21,28H,1-3,10-16H2. The van der Waals surface area contributed by atoms with Crippen molar-refractivity contribution in [3.8, 4) is 11.8 Å². The molecule has 1 unspecified atom stereocenters. The fourth-order valence-electron chi connectivity index (χ4n) is 4.92. The number of piperazine rings is 1. The molecule has 2 aliphatic rings. The van der Waals surface area contributed by atoms with Crippen LogP contribution >= 0.6 is 0 Å². The molecule has 0 aliphatic carbocycles. The van der Waals surface area contributed by atoms with Crippen LogP contribution in [-0.4, -0.2) is 55.3 Å². The van der Waals surface area contributed by atoms with E-state index in [4.69, 9.17) is 10.00 Å². The maximum atomic E-state index is 9.07. The molecule has 2 aromatic carbocycles. The molecule has 2 fully saturated rings. The zero-order valence-corrected chi connectivity index (χ0v) is 18.9. The van der Waals surface area contributed by atoms with E-state index >= 15 is 0 Å². The molecule has 1 aromatic heterocycles. The minimum atomic E-state index is 0.453. The van der Waals surface area contributed by atoms with Gasteiger partial charge >= 0.3 is 0 Å². The van der Waals surface area contributed by atoms with Crippen molar-refractivity contribution in [1.29, 1.82) is 5.26 Å². The summed E-state index contributed by atoms with van der Waals surface area (Å²) in [4.78, 5) is 13.8. The van der Waals surface area contributed by atoms with Gasteiger partial charge in [-0.1, -0.05) is 0 Å². The number of rotatable bonds is 6. The third-order valence-corrected chi connectivity index (χ3v) is 6.68. The molecule has 2 saturated heterocycles. The summed E-state index contributed by atoms with van der Waals surface area (Å²) in [6.07, 6.45) is 6.24. The minimum absolute atomic E-state index is 0.453. The van der Waals surface area contributed by atoms with E-state index in [1.807, 2.05) is 24.3 Å². The van der Waals surface area contributed by atoms with E-state index < -0.39 is 0 Å². The highest BCUT2D eigenvalue weighted by atomic mass is 16.5. The molecule has 33 heavy (non-hydrogen) atoms. The Kier molecular flexibility index (Phi) is 6.54. The van der Waals surface area contributed by atoms with Crippen molar-refractivity contribution < 1.29 is 4.74 Å². The Morgan fingerprint density at radius 1 is 1.03 bits per heavy atom. The van der Waals surface area contributed by atoms with Gasteiger partial charge < -0.3 is 19.9 Å². The van der Waals surface area contributed by atoms with Gasteiger partial charge in [0.2, 0.25) is 0 Å². The molecule has 0 bridgehead atoms. The van der Waals surface area contributed by atoms with Crippen LogP contribution in [0.15, 0.2) is 48.8 Å². The van der Waals surface area contributed by atoms with Crippen molar-refractivity contribution in [3.63, 3.8) is 0 Å². The van der Waals surface area contributed by atoms with Crippen LogP contribution in [0.5, 0.6) is 5.75 Å². The largest absolute Gasteiger partial charge is 0.493 e. The Morgan fingerprint density at radius 3 is 2.70 bits per heavy atom. The minimum Gasteiger partial charge on any atom is -0.493 e. The first-order valence-corrected chi connectivity index (χ1v) is 11.9. The smallest absolute Gasteiger partial charge is 0.139 e. The molecule has 5 rings (SSSR count). The highest BCUT2D eigenvalue weighted by molar-refractivity contribution is 5.90. The number of benzene rings is 2. The van der Waals surface area contributed by atoms with E-state index in [1.54, 1.807) is 6.33 Å². The van der Waals surface area contributed by atoms with E-state index in [-0.39, 0.29) is 0 Å². The number of hydrogen-bond acceptors (Lipinski definition) is 7. The number of nitriles is 1. The van der Waals surface area contributed by atoms with Crippen LogP contribution < -0.4 is 19.9 Å². The molecule has 1 atom stereocenters. The van der Waals surface area contributed by atoms with Crippen molar-refractivity contribution in [2.24, 2.45) is 0 Å². The van der Waals surface area contributed by atoms with Crippen molar-refractivity contribution >= 4 is 22.4 Å². The number of piperidine rings is 1. The van der Waals surface area contributed by atoms with E-state index in [9.17, 15) is 0 Å². The lowest BCUT2D eigenvalue weighted by atomic mass is 9.98. The summed E-state index contributed by atoms with van der Waals surface area (Å²) >= 11 is 0. The number of anilines is 2. The van der Waals surface area contributed by atoms with Gasteiger partial charge in [-0.2, -0.15) is 5.26 Å². The SMILES string of the molecule is N#Cc1ccc(N2CCCCC2CCOc2ccc3c(N4CCNCC4)ncnc3c2)cc1. The fraction of sp³-hybridized carbons (Fsp3) is 0.423. The van der Waals surface area contributed by atoms with Gasteiger partial charge in [-0.05, 0) is 55.7 Å². The Morgan fingerprint density at radius 2 is 1.88 bits per heavy atom. The summed E-state index contributed by atoms with van der Waals surface area (Å²) in [6.45, 7) is 5.60. The van der Waals surface area contributed by atoms with E-state index in [0.717, 1.165) is 61.6 Å². The average molecular weight is 443 g/mol. The van der Waals surface area contributed by atoms with Gasteiger partial charge in [-0.25, -0.2) is 9.97 Å². The number of aromatic nitrogens is 2. The molecule has 7 nitrogen and oxygen atoms in total. The predicted octanol–water partition coefficient (Wildman–Crippen LogP) is 3.74. The second kappa shape index (κ2) is 10.1. The zero-order chi connectivity index (χ0) is 22.5. The van der Waals surface area contributed by atoms with E-state index in [2.05, 4.69) is 49.4 Å².